The highest BCUT2D eigenvalue weighted by Gasteiger charge is 2.28. The van der Waals surface area contributed by atoms with E-state index in [9.17, 15) is 9.59 Å². The molecule has 0 atom stereocenters. The summed E-state index contributed by atoms with van der Waals surface area (Å²) in [4.78, 5) is 32.0. The molecular weight excluding hydrogens is 406 g/mol. The van der Waals surface area contributed by atoms with Gasteiger partial charge < -0.3 is 10.1 Å². The van der Waals surface area contributed by atoms with Gasteiger partial charge in [0.05, 0.1) is 11.4 Å². The van der Waals surface area contributed by atoms with Crippen molar-refractivity contribution in [2.45, 2.75) is 58.3 Å². The van der Waals surface area contributed by atoms with Gasteiger partial charge in [-0.3, -0.25) is 14.6 Å². The molecule has 0 spiro atoms. The normalized spacial score (nSPS) is 13.6. The number of rotatable bonds is 8. The van der Waals surface area contributed by atoms with Gasteiger partial charge in [-0.05, 0) is 42.4 Å². The summed E-state index contributed by atoms with van der Waals surface area (Å²) in [6.07, 6.45) is 2.13. The molecule has 0 aliphatic heterocycles. The third kappa shape index (κ3) is 5.07. The SMILES string of the molecule is CC(C)c1ccc(OCC(=O)Nc2cc(C3CC3)nn2-c2nc(C(C)C)cc(=O)[nH]2)cc1. The Morgan fingerprint density at radius 2 is 1.88 bits per heavy atom. The molecule has 1 aromatic carbocycles. The molecule has 32 heavy (non-hydrogen) atoms. The minimum Gasteiger partial charge on any atom is -0.484 e. The van der Waals surface area contributed by atoms with Crippen LogP contribution in [0, 0.1) is 0 Å². The second-order valence-corrected chi connectivity index (χ2v) is 8.85. The quantitative estimate of drug-likeness (QED) is 0.555. The molecule has 8 heteroatoms. The molecule has 0 radical (unpaired) electrons. The van der Waals surface area contributed by atoms with E-state index in [0.29, 0.717) is 29.1 Å². The summed E-state index contributed by atoms with van der Waals surface area (Å²) >= 11 is 0. The number of benzene rings is 1. The van der Waals surface area contributed by atoms with Gasteiger partial charge in [0.15, 0.2) is 6.61 Å². The first-order valence-corrected chi connectivity index (χ1v) is 11.0. The highest BCUT2D eigenvalue weighted by Crippen LogP contribution is 2.40. The fourth-order valence-electron chi connectivity index (χ4n) is 3.36. The Morgan fingerprint density at radius 3 is 2.50 bits per heavy atom. The van der Waals surface area contributed by atoms with Crippen molar-refractivity contribution in [3.8, 4) is 11.7 Å². The van der Waals surface area contributed by atoms with Crippen molar-refractivity contribution < 1.29 is 9.53 Å². The van der Waals surface area contributed by atoms with Crippen LogP contribution in [0.15, 0.2) is 41.2 Å². The number of hydrogen-bond acceptors (Lipinski definition) is 5. The molecule has 8 nitrogen and oxygen atoms in total. The summed E-state index contributed by atoms with van der Waals surface area (Å²) in [5, 5.41) is 7.46. The molecule has 1 aliphatic carbocycles. The van der Waals surface area contributed by atoms with E-state index in [-0.39, 0.29) is 29.9 Å². The van der Waals surface area contributed by atoms with E-state index in [1.54, 1.807) is 0 Å². The zero-order valence-corrected chi connectivity index (χ0v) is 18.9. The van der Waals surface area contributed by atoms with E-state index in [4.69, 9.17) is 4.74 Å². The first-order valence-electron chi connectivity index (χ1n) is 11.0. The first kappa shape index (κ1) is 21.8. The first-order chi connectivity index (χ1) is 15.3. The lowest BCUT2D eigenvalue weighted by Crippen LogP contribution is -2.23. The molecule has 0 saturated heterocycles. The number of carbonyl (C=O) groups excluding carboxylic acids is 1. The Labute approximate surface area is 187 Å². The van der Waals surface area contributed by atoms with Gasteiger partial charge in [-0.25, -0.2) is 4.98 Å². The molecule has 0 unspecified atom stereocenters. The Kier molecular flexibility index (Phi) is 6.12. The average Bonchev–Trinajstić information content (AvgIpc) is 3.52. The Morgan fingerprint density at radius 1 is 1.16 bits per heavy atom. The lowest BCUT2D eigenvalue weighted by atomic mass is 10.0. The van der Waals surface area contributed by atoms with E-state index in [0.717, 1.165) is 18.5 Å². The number of aromatic nitrogens is 4. The van der Waals surface area contributed by atoms with Crippen molar-refractivity contribution in [1.82, 2.24) is 19.7 Å². The fourth-order valence-corrected chi connectivity index (χ4v) is 3.36. The van der Waals surface area contributed by atoms with Crippen LogP contribution >= 0.6 is 0 Å². The van der Waals surface area contributed by atoms with Crippen LogP contribution in [-0.4, -0.2) is 32.3 Å². The molecule has 1 aliphatic rings. The Hall–Kier alpha value is -3.42. The summed E-state index contributed by atoms with van der Waals surface area (Å²) < 4.78 is 7.14. The van der Waals surface area contributed by atoms with Crippen molar-refractivity contribution in [2.75, 3.05) is 11.9 Å². The zero-order valence-electron chi connectivity index (χ0n) is 18.9. The van der Waals surface area contributed by atoms with Crippen molar-refractivity contribution in [3.05, 3.63) is 63.7 Å². The molecule has 1 saturated carbocycles. The summed E-state index contributed by atoms with van der Waals surface area (Å²) in [5.74, 6) is 1.96. The van der Waals surface area contributed by atoms with Crippen LogP contribution in [0.3, 0.4) is 0 Å². The van der Waals surface area contributed by atoms with Gasteiger partial charge in [0.2, 0.25) is 5.95 Å². The van der Waals surface area contributed by atoms with Gasteiger partial charge in [0.25, 0.3) is 11.5 Å². The number of amides is 1. The summed E-state index contributed by atoms with van der Waals surface area (Å²) in [5.41, 5.74) is 2.50. The van der Waals surface area contributed by atoms with Gasteiger partial charge in [0, 0.05) is 18.1 Å². The lowest BCUT2D eigenvalue weighted by Gasteiger charge is -2.11. The standard InChI is InChI=1S/C24H29N5O3/c1-14(2)16-7-9-18(10-8-16)32-13-23(31)26-21-11-20(17-5-6-17)28-29(21)24-25-19(15(3)4)12-22(30)27-24/h7-12,14-15,17H,5-6,13H2,1-4H3,(H,26,31)(H,25,27,30). The number of ether oxygens (including phenoxy) is 1. The summed E-state index contributed by atoms with van der Waals surface area (Å²) in [7, 11) is 0. The molecule has 3 aromatic rings. The van der Waals surface area contributed by atoms with Gasteiger partial charge >= 0.3 is 0 Å². The number of hydrogen-bond donors (Lipinski definition) is 2. The van der Waals surface area contributed by atoms with E-state index < -0.39 is 0 Å². The molecular formula is C24H29N5O3. The zero-order chi connectivity index (χ0) is 22.8. The summed E-state index contributed by atoms with van der Waals surface area (Å²) in [6, 6.07) is 11.1. The maximum atomic E-state index is 12.6. The largest absolute Gasteiger partial charge is 0.484 e. The Bertz CT molecular complexity index is 1160. The highest BCUT2D eigenvalue weighted by molar-refractivity contribution is 5.91. The second kappa shape index (κ2) is 8.98. The summed E-state index contributed by atoms with van der Waals surface area (Å²) in [6.45, 7) is 8.06. The highest BCUT2D eigenvalue weighted by atomic mass is 16.5. The minimum atomic E-state index is -0.316. The Balaban J connectivity index is 1.52. The fraction of sp³-hybridized carbons (Fsp3) is 0.417. The van der Waals surface area contributed by atoms with Crippen molar-refractivity contribution in [1.29, 1.82) is 0 Å². The molecule has 1 amide bonds. The monoisotopic (exact) mass is 435 g/mol. The van der Waals surface area contributed by atoms with Crippen LogP contribution in [0.1, 0.15) is 75.2 Å². The van der Waals surface area contributed by atoms with Gasteiger partial charge in [-0.2, -0.15) is 9.78 Å². The molecule has 4 rings (SSSR count). The molecule has 2 aromatic heterocycles. The third-order valence-electron chi connectivity index (χ3n) is 5.45. The number of H-pyrrole nitrogens is 1. The molecule has 1 fully saturated rings. The van der Waals surface area contributed by atoms with Gasteiger partial charge in [-0.1, -0.05) is 39.8 Å². The lowest BCUT2D eigenvalue weighted by molar-refractivity contribution is -0.118. The van der Waals surface area contributed by atoms with E-state index >= 15 is 0 Å². The molecule has 168 valence electrons. The van der Waals surface area contributed by atoms with Crippen LogP contribution in [-0.2, 0) is 4.79 Å². The van der Waals surface area contributed by atoms with Crippen LogP contribution in [0.4, 0.5) is 5.82 Å². The molecule has 2 N–H and O–H groups in total. The van der Waals surface area contributed by atoms with E-state index in [1.807, 2.05) is 44.2 Å². The predicted molar refractivity (Wildman–Crippen MR) is 123 cm³/mol. The minimum absolute atomic E-state index is 0.0861. The smallest absolute Gasteiger partial charge is 0.263 e. The number of carbonyl (C=O) groups is 1. The number of anilines is 1. The predicted octanol–water partition coefficient (Wildman–Crippen LogP) is 4.10. The average molecular weight is 436 g/mol. The number of aromatic amines is 1. The number of nitrogens with zero attached hydrogens (tertiary/aromatic N) is 3. The number of nitrogens with one attached hydrogen (secondary N) is 2. The van der Waals surface area contributed by atoms with Crippen LogP contribution in [0.5, 0.6) is 5.75 Å². The van der Waals surface area contributed by atoms with Crippen molar-refractivity contribution >= 4 is 11.7 Å². The topological polar surface area (TPSA) is 102 Å². The van der Waals surface area contributed by atoms with E-state index in [2.05, 4.69) is 34.2 Å². The van der Waals surface area contributed by atoms with Crippen LogP contribution < -0.4 is 15.6 Å². The van der Waals surface area contributed by atoms with Gasteiger partial charge in [0.1, 0.15) is 11.6 Å². The second-order valence-electron chi connectivity index (χ2n) is 8.85. The van der Waals surface area contributed by atoms with Gasteiger partial charge in [-0.15, -0.1) is 0 Å². The van der Waals surface area contributed by atoms with Crippen LogP contribution in [0.25, 0.3) is 5.95 Å². The molecule has 0 bridgehead atoms. The maximum Gasteiger partial charge on any atom is 0.263 e. The third-order valence-corrected chi connectivity index (χ3v) is 5.45. The van der Waals surface area contributed by atoms with Crippen molar-refractivity contribution in [2.24, 2.45) is 0 Å². The van der Waals surface area contributed by atoms with Crippen molar-refractivity contribution in [3.63, 3.8) is 0 Å². The molecule has 2 heterocycles. The van der Waals surface area contributed by atoms with Crippen LogP contribution in [0.2, 0.25) is 0 Å². The van der Waals surface area contributed by atoms with E-state index in [1.165, 1.54) is 16.3 Å². The maximum absolute atomic E-state index is 12.6.